The van der Waals surface area contributed by atoms with Gasteiger partial charge in [-0.15, -0.1) is 0 Å². The maximum atomic E-state index is 12.7. The zero-order chi connectivity index (χ0) is 30.3. The van der Waals surface area contributed by atoms with Crippen LogP contribution in [0.2, 0.25) is 0 Å². The summed E-state index contributed by atoms with van der Waals surface area (Å²) in [5, 5.41) is 0. The predicted octanol–water partition coefficient (Wildman–Crippen LogP) is 5.79. The summed E-state index contributed by atoms with van der Waals surface area (Å²) in [6.45, 7) is 1.67. The summed E-state index contributed by atoms with van der Waals surface area (Å²) in [7, 11) is 1.50. The Morgan fingerprint density at radius 3 is 2.12 bits per heavy atom. The van der Waals surface area contributed by atoms with E-state index in [-0.39, 0.29) is 30.2 Å². The summed E-state index contributed by atoms with van der Waals surface area (Å²) in [5.41, 5.74) is 2.37. The van der Waals surface area contributed by atoms with Crippen LogP contribution in [-0.4, -0.2) is 43.9 Å². The van der Waals surface area contributed by atoms with Crippen LogP contribution < -0.4 is 19.1 Å². The van der Waals surface area contributed by atoms with E-state index in [1.807, 2.05) is 31.2 Å². The molecule has 1 atom stereocenters. The first kappa shape index (κ1) is 29.1. The lowest BCUT2D eigenvalue weighted by Gasteiger charge is -2.17. The summed E-state index contributed by atoms with van der Waals surface area (Å²) < 4.78 is 21.6. The lowest BCUT2D eigenvalue weighted by molar-refractivity contribution is -0.147. The van der Waals surface area contributed by atoms with Crippen molar-refractivity contribution in [1.29, 1.82) is 0 Å². The fourth-order valence-electron chi connectivity index (χ4n) is 4.51. The van der Waals surface area contributed by atoms with Crippen LogP contribution in [0.4, 0.5) is 5.69 Å². The summed E-state index contributed by atoms with van der Waals surface area (Å²) in [6.07, 6.45) is -0.0119. The number of esters is 2. The van der Waals surface area contributed by atoms with Crippen molar-refractivity contribution < 1.29 is 38.1 Å². The van der Waals surface area contributed by atoms with E-state index in [4.69, 9.17) is 18.9 Å². The summed E-state index contributed by atoms with van der Waals surface area (Å²) >= 11 is 0. The number of hydrogen-bond donors (Lipinski definition) is 0. The number of Topliss-reactive ketones (excluding diaryl/α,β-unsaturated/α-hetero) is 1. The minimum atomic E-state index is -0.692. The number of carbonyl (C=O) groups excluding carboxylic acids is 4. The van der Waals surface area contributed by atoms with E-state index < -0.39 is 30.2 Å². The fraction of sp³-hybridized carbons (Fsp3) is 0.176. The smallest absolute Gasteiger partial charge is 0.343 e. The summed E-state index contributed by atoms with van der Waals surface area (Å²) in [6, 6.07) is 27.2. The van der Waals surface area contributed by atoms with Gasteiger partial charge in [0.1, 0.15) is 23.0 Å². The Morgan fingerprint density at radius 2 is 1.44 bits per heavy atom. The lowest BCUT2D eigenvalue weighted by atomic mass is 10.1. The molecule has 4 aromatic rings. The molecule has 1 aliphatic heterocycles. The molecular weight excluding hydrogens is 550 g/mol. The number of rotatable bonds is 10. The largest absolute Gasteiger partial charge is 0.497 e. The van der Waals surface area contributed by atoms with Gasteiger partial charge in [-0.1, -0.05) is 23.8 Å². The highest BCUT2D eigenvalue weighted by atomic mass is 16.5. The van der Waals surface area contributed by atoms with Crippen LogP contribution >= 0.6 is 0 Å². The van der Waals surface area contributed by atoms with Crippen LogP contribution in [0.15, 0.2) is 97.1 Å². The molecule has 1 fully saturated rings. The normalized spacial score (nSPS) is 14.2. The van der Waals surface area contributed by atoms with Gasteiger partial charge >= 0.3 is 11.9 Å². The molecule has 0 unspecified atom stereocenters. The van der Waals surface area contributed by atoms with Crippen molar-refractivity contribution in [2.24, 2.45) is 5.92 Å². The third kappa shape index (κ3) is 7.26. The van der Waals surface area contributed by atoms with E-state index in [0.717, 1.165) is 5.56 Å². The molecule has 0 aromatic heterocycles. The molecule has 0 spiro atoms. The molecule has 1 amide bonds. The van der Waals surface area contributed by atoms with Crippen LogP contribution in [0.25, 0.3) is 0 Å². The van der Waals surface area contributed by atoms with Crippen molar-refractivity contribution >= 4 is 29.3 Å². The molecule has 1 aliphatic rings. The number of ketones is 1. The highest BCUT2D eigenvalue weighted by Crippen LogP contribution is 2.29. The minimum absolute atomic E-state index is 0.0119. The first-order chi connectivity index (χ1) is 20.8. The summed E-state index contributed by atoms with van der Waals surface area (Å²) in [4.78, 5) is 51.9. The van der Waals surface area contributed by atoms with E-state index in [9.17, 15) is 19.2 Å². The molecule has 9 heteroatoms. The topological polar surface area (TPSA) is 108 Å². The number of hydrogen-bond acceptors (Lipinski definition) is 8. The molecule has 0 aliphatic carbocycles. The van der Waals surface area contributed by atoms with Gasteiger partial charge in [-0.25, -0.2) is 4.79 Å². The Labute approximate surface area is 248 Å². The molecule has 0 saturated carbocycles. The first-order valence-electron chi connectivity index (χ1n) is 13.6. The number of carbonyl (C=O) groups is 4. The van der Waals surface area contributed by atoms with Gasteiger partial charge in [0.15, 0.2) is 12.4 Å². The Morgan fingerprint density at radius 1 is 0.791 bits per heavy atom. The van der Waals surface area contributed by atoms with E-state index in [2.05, 4.69) is 0 Å². The van der Waals surface area contributed by atoms with Crippen molar-refractivity contribution in [3.8, 4) is 23.0 Å². The van der Waals surface area contributed by atoms with Crippen molar-refractivity contribution in [1.82, 2.24) is 0 Å². The molecule has 0 N–H and O–H groups in total. The zero-order valence-corrected chi connectivity index (χ0v) is 23.6. The fourth-order valence-corrected chi connectivity index (χ4v) is 4.51. The van der Waals surface area contributed by atoms with Crippen LogP contribution in [0.5, 0.6) is 23.0 Å². The first-order valence-corrected chi connectivity index (χ1v) is 13.6. The van der Waals surface area contributed by atoms with E-state index in [1.165, 1.54) is 36.3 Å². The molecule has 1 heterocycles. The monoisotopic (exact) mass is 579 g/mol. The third-order valence-corrected chi connectivity index (χ3v) is 6.90. The number of benzene rings is 4. The lowest BCUT2D eigenvalue weighted by Crippen LogP contribution is -2.27. The zero-order valence-electron chi connectivity index (χ0n) is 23.6. The van der Waals surface area contributed by atoms with Crippen molar-refractivity contribution in [2.45, 2.75) is 13.3 Å². The molecule has 1 saturated heterocycles. The maximum Gasteiger partial charge on any atom is 0.343 e. The average Bonchev–Trinajstić information content (AvgIpc) is 3.43. The van der Waals surface area contributed by atoms with E-state index in [0.29, 0.717) is 28.5 Å². The second-order valence-corrected chi connectivity index (χ2v) is 9.99. The maximum absolute atomic E-state index is 12.7. The number of aryl methyl sites for hydroxylation is 1. The van der Waals surface area contributed by atoms with Crippen molar-refractivity contribution in [3.05, 3.63) is 114 Å². The average molecular weight is 580 g/mol. The second kappa shape index (κ2) is 13.0. The SMILES string of the molecule is COc1cccc(C(=O)Oc2ccc(C(=O)COC(=O)[C@H]3CC(=O)N(c4ccc(Oc5ccc(C)cc5)cc4)C3)cc2)c1. The Balaban J connectivity index is 1.10. The van der Waals surface area contributed by atoms with Gasteiger partial charge in [-0.05, 0) is 85.8 Å². The van der Waals surface area contributed by atoms with Gasteiger partial charge in [-0.3, -0.25) is 14.4 Å². The van der Waals surface area contributed by atoms with Crippen LogP contribution in [0.1, 0.15) is 32.7 Å². The molecule has 5 rings (SSSR count). The van der Waals surface area contributed by atoms with Gasteiger partial charge in [0, 0.05) is 24.2 Å². The molecule has 43 heavy (non-hydrogen) atoms. The van der Waals surface area contributed by atoms with E-state index >= 15 is 0 Å². The molecule has 9 nitrogen and oxygen atoms in total. The van der Waals surface area contributed by atoms with Gasteiger partial charge in [-0.2, -0.15) is 0 Å². The number of methoxy groups -OCH3 is 1. The quantitative estimate of drug-likeness (QED) is 0.132. The molecule has 218 valence electrons. The Kier molecular flexibility index (Phi) is 8.81. The highest BCUT2D eigenvalue weighted by molar-refractivity contribution is 6.01. The second-order valence-electron chi connectivity index (χ2n) is 9.99. The van der Waals surface area contributed by atoms with Gasteiger partial charge < -0.3 is 23.8 Å². The molecule has 0 radical (unpaired) electrons. The van der Waals surface area contributed by atoms with Crippen LogP contribution in [-0.2, 0) is 14.3 Å². The molecular formula is C34H29NO8. The predicted molar refractivity (Wildman–Crippen MR) is 158 cm³/mol. The van der Waals surface area contributed by atoms with Gasteiger partial charge in [0.25, 0.3) is 0 Å². The van der Waals surface area contributed by atoms with Crippen molar-refractivity contribution in [2.75, 3.05) is 25.2 Å². The van der Waals surface area contributed by atoms with E-state index in [1.54, 1.807) is 48.5 Å². The Bertz CT molecular complexity index is 1630. The van der Waals surface area contributed by atoms with Gasteiger partial charge in [0.2, 0.25) is 5.91 Å². The molecule has 4 aromatic carbocycles. The summed E-state index contributed by atoms with van der Waals surface area (Å²) in [5.74, 6) is -0.413. The number of ether oxygens (including phenoxy) is 4. The number of amides is 1. The van der Waals surface area contributed by atoms with Crippen molar-refractivity contribution in [3.63, 3.8) is 0 Å². The number of nitrogens with zero attached hydrogens (tertiary/aromatic N) is 1. The minimum Gasteiger partial charge on any atom is -0.497 e. The van der Waals surface area contributed by atoms with Crippen LogP contribution in [0.3, 0.4) is 0 Å². The highest BCUT2D eigenvalue weighted by Gasteiger charge is 2.36. The third-order valence-electron chi connectivity index (χ3n) is 6.90. The molecule has 0 bridgehead atoms. The van der Waals surface area contributed by atoms with Gasteiger partial charge in [0.05, 0.1) is 18.6 Å². The number of anilines is 1. The Hall–Kier alpha value is -5.44. The standard InChI is InChI=1S/C34H29NO8/c1-22-6-12-27(13-7-22)42-28-16-10-26(11-17-28)35-20-25(19-32(35)37)33(38)41-21-31(36)23-8-14-29(15-9-23)43-34(39)24-4-3-5-30(18-24)40-2/h3-18,25H,19-21H2,1-2H3/t25-/m0/s1. The van der Waals surface area contributed by atoms with Crippen LogP contribution in [0, 0.1) is 12.8 Å².